The van der Waals surface area contributed by atoms with Crippen LogP contribution in [0.5, 0.6) is 0 Å². The standard InChI is InChI=1S/C26H29N3O4S.C25H27N3O4S.C19H23N3O2/c1-3-33-25(30)21-18-27-24(28-19-21)17-26(22-10-5-4-6-11-22)13-15-29(16-14-26)34(31,32)23-12-8-7-9-20(23)2;1-19-7-5-6-10-23(19)33(31,32)28-13-11-25(12-14-28,21-8-3-2-4-9-21)15-24-26-16-20(17-27-24)22(30)18-29;1-2-24-18(23)15-13-21-17(22-14-15)12-19(8-10-20-11-9-19)16-6-4-3-5-7-16/h4-12,18-19H,3,13-17H2,1-2H3;2-10,16-17,29H,11-15,18H2,1H3;3-7,13-14,20H,2,8-12H2,1H3. The van der Waals surface area contributed by atoms with Crippen molar-refractivity contribution in [2.75, 3.05) is 59.1 Å². The third-order valence-electron chi connectivity index (χ3n) is 17.6. The van der Waals surface area contributed by atoms with Crippen LogP contribution in [-0.4, -0.2) is 137 Å². The van der Waals surface area contributed by atoms with Gasteiger partial charge in [0.15, 0.2) is 5.78 Å². The van der Waals surface area contributed by atoms with Gasteiger partial charge in [0.25, 0.3) is 0 Å². The number of benzene rings is 5. The molecule has 0 atom stereocenters. The van der Waals surface area contributed by atoms with Crippen LogP contribution in [0.1, 0.15) is 129 Å². The zero-order valence-corrected chi connectivity index (χ0v) is 53.6. The molecule has 0 unspecified atom stereocenters. The van der Waals surface area contributed by atoms with Crippen molar-refractivity contribution in [1.82, 2.24) is 43.8 Å². The van der Waals surface area contributed by atoms with Gasteiger partial charge in [0, 0.05) is 98.9 Å². The summed E-state index contributed by atoms with van der Waals surface area (Å²) in [5.41, 5.74) is 5.51. The highest BCUT2D eigenvalue weighted by atomic mass is 32.2. The number of nitrogens with zero attached hydrogens (tertiary/aromatic N) is 8. The van der Waals surface area contributed by atoms with Crippen molar-refractivity contribution >= 4 is 37.8 Å². The van der Waals surface area contributed by atoms with Gasteiger partial charge in [-0.25, -0.2) is 56.3 Å². The highest BCUT2D eigenvalue weighted by Crippen LogP contribution is 2.42. The molecule has 8 aromatic rings. The fraction of sp³-hybridized carbons (Fsp3) is 0.357. The number of nitrogens with one attached hydrogen (secondary N) is 1. The summed E-state index contributed by atoms with van der Waals surface area (Å²) in [6.45, 7) is 10.8. The summed E-state index contributed by atoms with van der Waals surface area (Å²) in [6.07, 6.45) is 15.5. The van der Waals surface area contributed by atoms with Crippen molar-refractivity contribution in [2.45, 2.75) is 112 Å². The smallest absolute Gasteiger partial charge is 0.341 e. The van der Waals surface area contributed by atoms with Crippen LogP contribution in [0.25, 0.3) is 0 Å². The Kier molecular flexibility index (Phi) is 22.6. The third-order valence-corrected chi connectivity index (χ3v) is 21.7. The third kappa shape index (κ3) is 16.2. The van der Waals surface area contributed by atoms with Crippen LogP contribution in [-0.2, 0) is 65.0 Å². The summed E-state index contributed by atoms with van der Waals surface area (Å²) < 4.78 is 66.4. The van der Waals surface area contributed by atoms with Crippen LogP contribution in [0.3, 0.4) is 0 Å². The molecule has 0 aliphatic carbocycles. The van der Waals surface area contributed by atoms with E-state index in [1.807, 2.05) is 80.6 Å². The number of aryl methyl sites for hydroxylation is 2. The van der Waals surface area contributed by atoms with Gasteiger partial charge >= 0.3 is 11.9 Å². The summed E-state index contributed by atoms with van der Waals surface area (Å²) in [5.74, 6) is 0.740. The second-order valence-electron chi connectivity index (χ2n) is 23.2. The predicted octanol–water partition coefficient (Wildman–Crippen LogP) is 9.37. The SMILES string of the molecule is CCOC(=O)c1cnc(CC2(c3ccccc3)CCN(S(=O)(=O)c3ccccc3C)CC2)nc1.CCOC(=O)c1cnc(CC2(c3ccccc3)CCNCC2)nc1.Cc1ccccc1S(=O)(=O)N1CCC(Cc2ncc(C(=O)CO)cn2)(c2ccccc2)CC1. The van der Waals surface area contributed by atoms with E-state index in [2.05, 4.69) is 83.8 Å². The number of hydrogen-bond donors (Lipinski definition) is 2. The number of aliphatic hydroxyl groups is 1. The Labute approximate surface area is 533 Å². The molecule has 3 aliphatic heterocycles. The number of sulfonamides is 2. The van der Waals surface area contributed by atoms with Crippen molar-refractivity contribution in [3.05, 3.63) is 239 Å². The van der Waals surface area contributed by atoms with E-state index in [4.69, 9.17) is 14.6 Å². The number of carbonyl (C=O) groups excluding carboxylic acids is 3. The molecule has 0 amide bonds. The zero-order valence-electron chi connectivity index (χ0n) is 52.0. The molecule has 0 saturated carbocycles. The number of hydrogen-bond acceptors (Lipinski definition) is 17. The van der Waals surface area contributed by atoms with E-state index >= 15 is 0 Å². The average Bonchev–Trinajstić information content (AvgIpc) is 1.33. The molecule has 2 N–H and O–H groups in total. The molecule has 21 heteroatoms. The van der Waals surface area contributed by atoms with Gasteiger partial charge in [-0.2, -0.15) is 8.61 Å². The highest BCUT2D eigenvalue weighted by molar-refractivity contribution is 7.89. The van der Waals surface area contributed by atoms with Gasteiger partial charge in [0.1, 0.15) is 24.1 Å². The van der Waals surface area contributed by atoms with Crippen LogP contribution in [0, 0.1) is 13.8 Å². The Morgan fingerprint density at radius 1 is 0.451 bits per heavy atom. The fourth-order valence-corrected chi connectivity index (χ4v) is 15.7. The summed E-state index contributed by atoms with van der Waals surface area (Å²) in [7, 11) is -7.14. The molecule has 3 saturated heterocycles. The van der Waals surface area contributed by atoms with Gasteiger partial charge in [-0.3, -0.25) is 4.79 Å². The number of aromatic nitrogens is 6. The molecule has 0 radical (unpaired) electrons. The van der Waals surface area contributed by atoms with Gasteiger partial charge in [-0.1, -0.05) is 127 Å². The maximum absolute atomic E-state index is 13.3. The van der Waals surface area contributed by atoms with Gasteiger partial charge in [-0.05, 0) is 119 Å². The van der Waals surface area contributed by atoms with Gasteiger partial charge < -0.3 is 19.9 Å². The Balaban J connectivity index is 0.000000164. The first kappa shape index (κ1) is 67.1. The lowest BCUT2D eigenvalue weighted by atomic mass is 9.70. The summed E-state index contributed by atoms with van der Waals surface area (Å²) in [6, 6.07) is 44.9. The average molecular weight is 1270 g/mol. The van der Waals surface area contributed by atoms with Crippen LogP contribution in [0.2, 0.25) is 0 Å². The summed E-state index contributed by atoms with van der Waals surface area (Å²) in [5, 5.41) is 12.5. The molecule has 19 nitrogen and oxygen atoms in total. The van der Waals surface area contributed by atoms with Crippen molar-refractivity contribution in [2.24, 2.45) is 0 Å². The van der Waals surface area contributed by atoms with Crippen LogP contribution in [0.4, 0.5) is 0 Å². The second-order valence-corrected chi connectivity index (χ2v) is 27.1. The number of esters is 2. The maximum atomic E-state index is 13.3. The molecule has 0 spiro atoms. The molecule has 91 heavy (non-hydrogen) atoms. The highest BCUT2D eigenvalue weighted by Gasteiger charge is 2.43. The Morgan fingerprint density at radius 3 is 1.05 bits per heavy atom. The van der Waals surface area contributed by atoms with Crippen LogP contribution < -0.4 is 5.32 Å². The summed E-state index contributed by atoms with van der Waals surface area (Å²) in [4.78, 5) is 62.5. The van der Waals surface area contributed by atoms with Gasteiger partial charge in [0.05, 0.1) is 39.7 Å². The number of rotatable bonds is 19. The molecule has 5 aromatic carbocycles. The van der Waals surface area contributed by atoms with Crippen LogP contribution in [0.15, 0.2) is 186 Å². The molecule has 0 bridgehead atoms. The minimum Gasteiger partial charge on any atom is -0.462 e. The van der Waals surface area contributed by atoms with E-state index in [9.17, 15) is 31.2 Å². The van der Waals surface area contributed by atoms with Crippen molar-refractivity contribution in [3.63, 3.8) is 0 Å². The first-order valence-corrected chi connectivity index (χ1v) is 33.7. The number of aliphatic hydroxyl groups excluding tert-OH is 1. The Hall–Kier alpha value is -8.31. The zero-order chi connectivity index (χ0) is 64.5. The molecular weight excluding hydrogens is 1190 g/mol. The quantitative estimate of drug-likeness (QED) is 0.0565. The molecular formula is C70H79N9O10S2. The minimum atomic E-state index is -3.58. The van der Waals surface area contributed by atoms with Crippen molar-refractivity contribution < 1.29 is 45.8 Å². The first-order valence-electron chi connectivity index (χ1n) is 30.8. The topological polar surface area (TPSA) is 254 Å². The second kappa shape index (κ2) is 30.7. The lowest BCUT2D eigenvalue weighted by Gasteiger charge is -2.41. The number of ketones is 1. The molecule has 3 fully saturated rings. The molecule has 11 rings (SSSR count). The summed E-state index contributed by atoms with van der Waals surface area (Å²) >= 11 is 0. The lowest BCUT2D eigenvalue weighted by Crippen LogP contribution is -2.46. The number of carbonyl (C=O) groups is 3. The van der Waals surface area contributed by atoms with E-state index in [-0.39, 0.29) is 27.8 Å². The molecule has 6 heterocycles. The van der Waals surface area contributed by atoms with E-state index in [0.717, 1.165) is 60.4 Å². The Morgan fingerprint density at radius 2 is 0.747 bits per heavy atom. The Bertz CT molecular complexity index is 3920. The van der Waals surface area contributed by atoms with E-state index < -0.39 is 38.4 Å². The van der Waals surface area contributed by atoms with Gasteiger partial charge in [-0.15, -0.1) is 0 Å². The van der Waals surface area contributed by atoms with E-state index in [0.29, 0.717) is 110 Å². The van der Waals surface area contributed by atoms with Gasteiger partial charge in [0.2, 0.25) is 20.0 Å². The first-order chi connectivity index (χ1) is 43.9. The maximum Gasteiger partial charge on any atom is 0.341 e. The molecule has 3 aliphatic rings. The fourth-order valence-electron chi connectivity index (χ4n) is 12.4. The monoisotopic (exact) mass is 1270 g/mol. The molecule has 476 valence electrons. The van der Waals surface area contributed by atoms with E-state index in [1.165, 1.54) is 30.4 Å². The molecule has 3 aromatic heterocycles. The number of piperidine rings is 3. The van der Waals surface area contributed by atoms with Crippen molar-refractivity contribution in [1.29, 1.82) is 0 Å². The van der Waals surface area contributed by atoms with Crippen LogP contribution >= 0.6 is 0 Å². The normalized spacial score (nSPS) is 16.4. The van der Waals surface area contributed by atoms with Crippen molar-refractivity contribution in [3.8, 4) is 0 Å². The number of Topliss-reactive ketones (excluding diaryl/α,β-unsaturated/α-hetero) is 1. The largest absolute Gasteiger partial charge is 0.462 e. The predicted molar refractivity (Wildman–Crippen MR) is 345 cm³/mol. The lowest BCUT2D eigenvalue weighted by molar-refractivity contribution is 0.0515. The number of ether oxygens (including phenoxy) is 2. The minimum absolute atomic E-state index is 0.0535. The van der Waals surface area contributed by atoms with E-state index in [1.54, 1.807) is 59.1 Å².